The Hall–Kier alpha value is -2.87. The van der Waals surface area contributed by atoms with Crippen LogP contribution in [0.1, 0.15) is 13.8 Å². The molecule has 0 aliphatic carbocycles. The van der Waals surface area contributed by atoms with Crippen LogP contribution < -0.4 is 10.1 Å². The first kappa shape index (κ1) is 19.9. The Bertz CT molecular complexity index is 927. The Morgan fingerprint density at radius 3 is 2.75 bits per heavy atom. The summed E-state index contributed by atoms with van der Waals surface area (Å²) in [6.45, 7) is 4.78. The van der Waals surface area contributed by atoms with E-state index in [9.17, 15) is 4.79 Å². The second-order valence-electron chi connectivity index (χ2n) is 6.54. The van der Waals surface area contributed by atoms with E-state index in [1.165, 1.54) is 11.8 Å². The number of amides is 1. The molecule has 28 heavy (non-hydrogen) atoms. The molecular weight excluding hydrogens is 374 g/mol. The number of hydrogen-bond acceptors (Lipinski definition) is 6. The third-order valence-corrected chi connectivity index (χ3v) is 4.85. The lowest BCUT2D eigenvalue weighted by molar-refractivity contribution is -0.118. The van der Waals surface area contributed by atoms with Crippen molar-refractivity contribution in [2.45, 2.75) is 19.0 Å². The van der Waals surface area contributed by atoms with E-state index in [2.05, 4.69) is 34.3 Å². The predicted molar refractivity (Wildman–Crippen MR) is 110 cm³/mol. The monoisotopic (exact) mass is 397 g/mol. The fraction of sp³-hybridized carbons (Fsp3) is 0.300. The predicted octanol–water partition coefficient (Wildman–Crippen LogP) is 3.20. The molecule has 2 aromatic heterocycles. The third-order valence-electron chi connectivity index (χ3n) is 3.92. The molecule has 0 atom stereocenters. The van der Waals surface area contributed by atoms with Gasteiger partial charge in [0.1, 0.15) is 5.75 Å². The quantitative estimate of drug-likeness (QED) is 0.588. The lowest BCUT2D eigenvalue weighted by Gasteiger charge is -2.14. The maximum Gasteiger partial charge on any atom is 0.230 e. The summed E-state index contributed by atoms with van der Waals surface area (Å²) in [6.07, 6.45) is 3.45. The molecule has 1 N–H and O–H groups in total. The minimum Gasteiger partial charge on any atom is -0.495 e. The molecule has 0 bridgehead atoms. The number of thioether (sulfide) groups is 1. The van der Waals surface area contributed by atoms with Gasteiger partial charge in [0.15, 0.2) is 11.0 Å². The lowest BCUT2D eigenvalue weighted by atomic mass is 10.2. The van der Waals surface area contributed by atoms with Crippen LogP contribution in [0, 0.1) is 5.92 Å². The van der Waals surface area contributed by atoms with E-state index in [1.54, 1.807) is 19.5 Å². The van der Waals surface area contributed by atoms with Gasteiger partial charge in [-0.25, -0.2) is 0 Å². The van der Waals surface area contributed by atoms with Gasteiger partial charge in [0.25, 0.3) is 0 Å². The molecule has 3 rings (SSSR count). The van der Waals surface area contributed by atoms with Gasteiger partial charge < -0.3 is 10.1 Å². The van der Waals surface area contributed by atoms with Gasteiger partial charge in [-0.1, -0.05) is 37.7 Å². The minimum atomic E-state index is -0.0313. The van der Waals surface area contributed by atoms with Crippen molar-refractivity contribution in [3.63, 3.8) is 0 Å². The van der Waals surface area contributed by atoms with Crippen molar-refractivity contribution in [1.82, 2.24) is 25.1 Å². The lowest BCUT2D eigenvalue weighted by Crippen LogP contribution is -2.28. The Balaban J connectivity index is 1.95. The van der Waals surface area contributed by atoms with E-state index in [-0.39, 0.29) is 11.7 Å². The van der Waals surface area contributed by atoms with Gasteiger partial charge >= 0.3 is 0 Å². The molecule has 1 amide bonds. The SMILES string of the molecule is COc1ccccc1-n1c(SCC(=O)NCC(C)C)nnc1-c1cccnc1. The summed E-state index contributed by atoms with van der Waals surface area (Å²) in [5, 5.41) is 12.2. The largest absolute Gasteiger partial charge is 0.495 e. The first-order valence-electron chi connectivity index (χ1n) is 8.99. The van der Waals surface area contributed by atoms with Crippen molar-refractivity contribution < 1.29 is 9.53 Å². The Morgan fingerprint density at radius 1 is 1.21 bits per heavy atom. The number of aromatic nitrogens is 4. The number of nitrogens with zero attached hydrogens (tertiary/aromatic N) is 4. The number of nitrogens with one attached hydrogen (secondary N) is 1. The van der Waals surface area contributed by atoms with Gasteiger partial charge in [-0.3, -0.25) is 14.3 Å². The smallest absolute Gasteiger partial charge is 0.230 e. The third kappa shape index (κ3) is 4.69. The van der Waals surface area contributed by atoms with E-state index < -0.39 is 0 Å². The molecule has 0 fully saturated rings. The molecular formula is C20H23N5O2S. The van der Waals surface area contributed by atoms with E-state index >= 15 is 0 Å². The maximum atomic E-state index is 12.1. The van der Waals surface area contributed by atoms with Gasteiger partial charge in [0, 0.05) is 24.5 Å². The van der Waals surface area contributed by atoms with Crippen LogP contribution in [0.25, 0.3) is 17.1 Å². The first-order chi connectivity index (χ1) is 13.6. The van der Waals surface area contributed by atoms with Crippen LogP contribution in [0.5, 0.6) is 5.75 Å². The molecule has 7 nitrogen and oxygen atoms in total. The van der Waals surface area contributed by atoms with Gasteiger partial charge in [-0.15, -0.1) is 10.2 Å². The molecule has 2 heterocycles. The number of para-hydroxylation sites is 2. The molecule has 3 aromatic rings. The van der Waals surface area contributed by atoms with Crippen molar-refractivity contribution in [2.24, 2.45) is 5.92 Å². The van der Waals surface area contributed by atoms with Gasteiger partial charge in [-0.05, 0) is 30.2 Å². The molecule has 0 aliphatic heterocycles. The molecule has 0 spiro atoms. The highest BCUT2D eigenvalue weighted by atomic mass is 32.2. The van der Waals surface area contributed by atoms with Crippen LogP contribution in [0.2, 0.25) is 0 Å². The van der Waals surface area contributed by atoms with Gasteiger partial charge in [-0.2, -0.15) is 0 Å². The van der Waals surface area contributed by atoms with E-state index in [4.69, 9.17) is 4.74 Å². The molecule has 0 aliphatic rings. The molecule has 0 unspecified atom stereocenters. The summed E-state index contributed by atoms with van der Waals surface area (Å²) in [6, 6.07) is 11.4. The summed E-state index contributed by atoms with van der Waals surface area (Å²) in [7, 11) is 1.62. The Morgan fingerprint density at radius 2 is 2.04 bits per heavy atom. The summed E-state index contributed by atoms with van der Waals surface area (Å²) < 4.78 is 7.42. The number of benzene rings is 1. The highest BCUT2D eigenvalue weighted by Crippen LogP contribution is 2.32. The molecule has 146 valence electrons. The number of rotatable bonds is 8. The molecule has 1 aromatic carbocycles. The number of methoxy groups -OCH3 is 1. The topological polar surface area (TPSA) is 81.9 Å². The zero-order valence-corrected chi connectivity index (χ0v) is 16.9. The standard InChI is InChI=1S/C20H23N5O2S/c1-14(2)11-22-18(26)13-28-20-24-23-19(15-7-6-10-21-12-15)25(20)16-8-4-5-9-17(16)27-3/h4-10,12,14H,11,13H2,1-3H3,(H,22,26). The van der Waals surface area contributed by atoms with Crippen molar-refractivity contribution >= 4 is 17.7 Å². The highest BCUT2D eigenvalue weighted by molar-refractivity contribution is 7.99. The van der Waals surface area contributed by atoms with Crippen LogP contribution in [0.4, 0.5) is 0 Å². The fourth-order valence-corrected chi connectivity index (χ4v) is 3.35. The normalized spacial score (nSPS) is 10.9. The second-order valence-corrected chi connectivity index (χ2v) is 7.48. The highest BCUT2D eigenvalue weighted by Gasteiger charge is 2.19. The maximum absolute atomic E-state index is 12.1. The summed E-state index contributed by atoms with van der Waals surface area (Å²) in [4.78, 5) is 16.3. The average molecular weight is 398 g/mol. The van der Waals surface area contributed by atoms with Crippen LogP contribution in [-0.2, 0) is 4.79 Å². The van der Waals surface area contributed by atoms with Crippen LogP contribution in [0.15, 0.2) is 53.9 Å². The van der Waals surface area contributed by atoms with E-state index in [0.717, 1.165) is 11.3 Å². The van der Waals surface area contributed by atoms with Crippen molar-refractivity contribution in [1.29, 1.82) is 0 Å². The Labute approximate surface area is 168 Å². The Kier molecular flexibility index (Phi) is 6.65. The zero-order chi connectivity index (χ0) is 19.9. The number of hydrogen-bond donors (Lipinski definition) is 1. The van der Waals surface area contributed by atoms with Crippen molar-refractivity contribution in [3.05, 3.63) is 48.8 Å². The fourth-order valence-electron chi connectivity index (χ4n) is 2.58. The number of carbonyl (C=O) groups is 1. The number of carbonyl (C=O) groups excluding carboxylic acids is 1. The molecule has 8 heteroatoms. The minimum absolute atomic E-state index is 0.0313. The molecule has 0 saturated heterocycles. The van der Waals surface area contributed by atoms with Crippen molar-refractivity contribution in [3.8, 4) is 22.8 Å². The summed E-state index contributed by atoms with van der Waals surface area (Å²) >= 11 is 1.34. The van der Waals surface area contributed by atoms with Crippen LogP contribution in [0.3, 0.4) is 0 Å². The van der Waals surface area contributed by atoms with Crippen LogP contribution in [-0.4, -0.2) is 45.1 Å². The summed E-state index contributed by atoms with van der Waals surface area (Å²) in [5.41, 5.74) is 1.64. The summed E-state index contributed by atoms with van der Waals surface area (Å²) in [5.74, 6) is 1.97. The molecule has 0 saturated carbocycles. The van der Waals surface area contributed by atoms with Crippen LogP contribution >= 0.6 is 11.8 Å². The van der Waals surface area contributed by atoms with Crippen molar-refractivity contribution in [2.75, 3.05) is 19.4 Å². The molecule has 0 radical (unpaired) electrons. The second kappa shape index (κ2) is 9.36. The van der Waals surface area contributed by atoms with Gasteiger partial charge in [0.2, 0.25) is 5.91 Å². The van der Waals surface area contributed by atoms with E-state index in [0.29, 0.717) is 29.2 Å². The van der Waals surface area contributed by atoms with Gasteiger partial charge in [0.05, 0.1) is 18.6 Å². The number of pyridine rings is 1. The average Bonchev–Trinajstić information content (AvgIpc) is 3.15. The zero-order valence-electron chi connectivity index (χ0n) is 16.1. The first-order valence-corrected chi connectivity index (χ1v) is 9.97. The number of ether oxygens (including phenoxy) is 1. The van der Waals surface area contributed by atoms with E-state index in [1.807, 2.05) is 41.0 Å².